The summed E-state index contributed by atoms with van der Waals surface area (Å²) in [7, 11) is 0. The highest BCUT2D eigenvalue weighted by Gasteiger charge is 2.30. The Labute approximate surface area is 159 Å². The zero-order chi connectivity index (χ0) is 18.7. The van der Waals surface area contributed by atoms with Crippen LogP contribution >= 0.6 is 11.6 Å². The number of rotatable bonds is 6. The van der Waals surface area contributed by atoms with Crippen molar-refractivity contribution in [2.24, 2.45) is 5.92 Å². The minimum absolute atomic E-state index is 0.0137. The third-order valence-corrected chi connectivity index (χ3v) is 5.18. The predicted octanol–water partition coefficient (Wildman–Crippen LogP) is 3.60. The second-order valence-corrected chi connectivity index (χ2v) is 7.62. The van der Waals surface area contributed by atoms with Crippen molar-refractivity contribution in [3.63, 3.8) is 0 Å². The fourth-order valence-electron chi connectivity index (χ4n) is 3.27. The summed E-state index contributed by atoms with van der Waals surface area (Å²) in [5.41, 5.74) is 3.35. The molecule has 1 aliphatic heterocycles. The predicted molar refractivity (Wildman–Crippen MR) is 104 cm³/mol. The standard InChI is InChI=1S/C21H25ClN2O2/c1-13(2)14-3-5-15(6-4-14)20(16-7-9-18(22)10-8-16)24-21(26)17-11-19(25)23-12-17/h3-10,13,17,20-21,24,26H,11-12H2,1-2H3,(H,23,25)/t17-,20?,21?/m0/s1. The van der Waals surface area contributed by atoms with Gasteiger partial charge in [-0.25, -0.2) is 0 Å². The second-order valence-electron chi connectivity index (χ2n) is 7.19. The quantitative estimate of drug-likeness (QED) is 0.679. The van der Waals surface area contributed by atoms with Crippen LogP contribution in [0.2, 0.25) is 5.02 Å². The normalized spacial score (nSPS) is 19.4. The van der Waals surface area contributed by atoms with Crippen LogP contribution in [0, 0.1) is 5.92 Å². The summed E-state index contributed by atoms with van der Waals surface area (Å²) >= 11 is 6.03. The van der Waals surface area contributed by atoms with Gasteiger partial charge in [0.15, 0.2) is 0 Å². The number of aliphatic hydroxyl groups excluding tert-OH is 1. The van der Waals surface area contributed by atoms with Gasteiger partial charge >= 0.3 is 0 Å². The Morgan fingerprint density at radius 2 is 1.58 bits per heavy atom. The molecule has 3 rings (SSSR count). The van der Waals surface area contributed by atoms with Crippen LogP contribution < -0.4 is 10.6 Å². The Kier molecular flexibility index (Phi) is 5.97. The number of benzene rings is 2. The molecule has 0 aliphatic carbocycles. The van der Waals surface area contributed by atoms with Gasteiger partial charge in [0, 0.05) is 23.9 Å². The molecule has 2 aromatic carbocycles. The Morgan fingerprint density at radius 1 is 1.04 bits per heavy atom. The van der Waals surface area contributed by atoms with Crippen molar-refractivity contribution in [1.29, 1.82) is 0 Å². The van der Waals surface area contributed by atoms with Crippen LogP contribution in [0.5, 0.6) is 0 Å². The van der Waals surface area contributed by atoms with E-state index in [-0.39, 0.29) is 17.9 Å². The van der Waals surface area contributed by atoms with Crippen LogP contribution in [0.25, 0.3) is 0 Å². The molecule has 3 N–H and O–H groups in total. The van der Waals surface area contributed by atoms with Gasteiger partial charge in [-0.05, 0) is 34.7 Å². The average molecular weight is 373 g/mol. The third-order valence-electron chi connectivity index (χ3n) is 4.93. The molecule has 26 heavy (non-hydrogen) atoms. The van der Waals surface area contributed by atoms with Crippen LogP contribution in [-0.4, -0.2) is 23.8 Å². The van der Waals surface area contributed by atoms with E-state index in [2.05, 4.69) is 48.7 Å². The van der Waals surface area contributed by atoms with Gasteiger partial charge in [0.05, 0.1) is 6.04 Å². The number of nitrogens with one attached hydrogen (secondary N) is 2. The summed E-state index contributed by atoms with van der Waals surface area (Å²) in [5.74, 6) is 0.319. The first-order valence-corrected chi connectivity index (χ1v) is 9.38. The van der Waals surface area contributed by atoms with E-state index in [1.807, 2.05) is 24.3 Å². The minimum Gasteiger partial charge on any atom is -0.378 e. The lowest BCUT2D eigenvalue weighted by Crippen LogP contribution is -2.39. The average Bonchev–Trinajstić information content (AvgIpc) is 3.07. The molecule has 1 fully saturated rings. The van der Waals surface area contributed by atoms with Crippen LogP contribution in [0.3, 0.4) is 0 Å². The maximum absolute atomic E-state index is 11.5. The molecule has 3 atom stereocenters. The van der Waals surface area contributed by atoms with E-state index < -0.39 is 6.23 Å². The highest BCUT2D eigenvalue weighted by Crippen LogP contribution is 2.27. The number of aliphatic hydroxyl groups is 1. The molecular formula is C21H25ClN2O2. The molecule has 1 heterocycles. The highest BCUT2D eigenvalue weighted by molar-refractivity contribution is 6.30. The number of amides is 1. The van der Waals surface area contributed by atoms with Crippen molar-refractivity contribution >= 4 is 17.5 Å². The number of carbonyl (C=O) groups is 1. The summed E-state index contributed by atoms with van der Waals surface area (Å²) in [5, 5.41) is 17.4. The van der Waals surface area contributed by atoms with Gasteiger partial charge in [0.25, 0.3) is 0 Å². The lowest BCUT2D eigenvalue weighted by Gasteiger charge is -2.26. The fraction of sp³-hybridized carbons (Fsp3) is 0.381. The van der Waals surface area contributed by atoms with Crippen molar-refractivity contribution < 1.29 is 9.90 Å². The maximum Gasteiger partial charge on any atom is 0.220 e. The zero-order valence-electron chi connectivity index (χ0n) is 15.1. The molecule has 138 valence electrons. The van der Waals surface area contributed by atoms with Crippen molar-refractivity contribution in [3.05, 3.63) is 70.2 Å². The molecule has 0 spiro atoms. The first kappa shape index (κ1) is 18.9. The molecule has 0 saturated carbocycles. The molecule has 2 aromatic rings. The molecule has 0 bridgehead atoms. The molecule has 5 heteroatoms. The molecule has 2 unspecified atom stereocenters. The molecule has 0 radical (unpaired) electrons. The van der Waals surface area contributed by atoms with Gasteiger partial charge in [-0.2, -0.15) is 0 Å². The Morgan fingerprint density at radius 3 is 2.08 bits per heavy atom. The first-order chi connectivity index (χ1) is 12.4. The van der Waals surface area contributed by atoms with E-state index in [4.69, 9.17) is 11.6 Å². The number of hydrogen-bond donors (Lipinski definition) is 3. The van der Waals surface area contributed by atoms with E-state index in [1.54, 1.807) is 0 Å². The first-order valence-electron chi connectivity index (χ1n) is 9.00. The largest absolute Gasteiger partial charge is 0.378 e. The lowest BCUT2D eigenvalue weighted by molar-refractivity contribution is -0.119. The summed E-state index contributed by atoms with van der Waals surface area (Å²) in [6.07, 6.45) is -0.437. The van der Waals surface area contributed by atoms with E-state index >= 15 is 0 Å². The van der Waals surface area contributed by atoms with Crippen molar-refractivity contribution in [1.82, 2.24) is 10.6 Å². The topological polar surface area (TPSA) is 61.4 Å². The zero-order valence-corrected chi connectivity index (χ0v) is 15.8. The minimum atomic E-state index is -0.778. The molecule has 1 aliphatic rings. The SMILES string of the molecule is CC(C)c1ccc(C(NC(O)[C@@H]2CNC(=O)C2)c2ccc(Cl)cc2)cc1. The van der Waals surface area contributed by atoms with Gasteiger partial charge in [0.2, 0.25) is 5.91 Å². The van der Waals surface area contributed by atoms with Crippen molar-refractivity contribution in [3.8, 4) is 0 Å². The van der Waals surface area contributed by atoms with Crippen LogP contribution in [0.1, 0.15) is 48.9 Å². The molecule has 1 amide bonds. The smallest absolute Gasteiger partial charge is 0.220 e. The Bertz CT molecular complexity index is 744. The summed E-state index contributed by atoms with van der Waals surface area (Å²) in [6.45, 7) is 4.82. The van der Waals surface area contributed by atoms with Crippen molar-refractivity contribution in [2.75, 3.05) is 6.54 Å². The maximum atomic E-state index is 11.5. The number of halogens is 1. The summed E-state index contributed by atoms with van der Waals surface area (Å²) in [6, 6.07) is 15.9. The highest BCUT2D eigenvalue weighted by atomic mass is 35.5. The second kappa shape index (κ2) is 8.21. The lowest BCUT2D eigenvalue weighted by atomic mass is 9.94. The van der Waals surface area contributed by atoms with E-state index in [1.165, 1.54) is 5.56 Å². The van der Waals surface area contributed by atoms with Crippen LogP contribution in [0.4, 0.5) is 0 Å². The van der Waals surface area contributed by atoms with Gasteiger partial charge in [-0.15, -0.1) is 0 Å². The van der Waals surface area contributed by atoms with Gasteiger partial charge in [0.1, 0.15) is 6.23 Å². The summed E-state index contributed by atoms with van der Waals surface area (Å²) < 4.78 is 0. The number of carbonyl (C=O) groups excluding carboxylic acids is 1. The monoisotopic (exact) mass is 372 g/mol. The van der Waals surface area contributed by atoms with Gasteiger partial charge in [-0.3, -0.25) is 10.1 Å². The van der Waals surface area contributed by atoms with Crippen LogP contribution in [-0.2, 0) is 4.79 Å². The third kappa shape index (κ3) is 4.44. The van der Waals surface area contributed by atoms with E-state index in [0.717, 1.165) is 11.1 Å². The van der Waals surface area contributed by atoms with Gasteiger partial charge in [-0.1, -0.05) is 61.8 Å². The molecule has 0 aromatic heterocycles. The van der Waals surface area contributed by atoms with Gasteiger partial charge < -0.3 is 10.4 Å². The summed E-state index contributed by atoms with van der Waals surface area (Å²) in [4.78, 5) is 11.5. The Balaban J connectivity index is 1.86. The molecule has 1 saturated heterocycles. The van der Waals surface area contributed by atoms with Crippen molar-refractivity contribution in [2.45, 2.75) is 38.5 Å². The molecular weight excluding hydrogens is 348 g/mol. The van der Waals surface area contributed by atoms with Crippen LogP contribution in [0.15, 0.2) is 48.5 Å². The Hall–Kier alpha value is -1.88. The number of hydrogen-bond acceptors (Lipinski definition) is 3. The van der Waals surface area contributed by atoms with E-state index in [9.17, 15) is 9.90 Å². The molecule has 4 nitrogen and oxygen atoms in total. The fourth-order valence-corrected chi connectivity index (χ4v) is 3.40. The van der Waals surface area contributed by atoms with E-state index in [0.29, 0.717) is 23.9 Å².